The maximum Gasteiger partial charge on any atom is 2.00 e. The van der Waals surface area contributed by atoms with Crippen molar-refractivity contribution in [3.05, 3.63) is 131 Å². The molecule has 6 aromatic carbocycles. The molecule has 0 N–H and O–H groups in total. The first-order valence-electron chi connectivity index (χ1n) is 16.7. The Morgan fingerprint density at radius 2 is 0.761 bits per heavy atom. The molecule has 2 radical (unpaired) electrons. The first-order valence-corrected chi connectivity index (χ1v) is 18.7. The van der Waals surface area contributed by atoms with Crippen LogP contribution in [0.3, 0.4) is 0 Å². The molecule has 0 saturated carbocycles. The third-order valence-electron chi connectivity index (χ3n) is 8.63. The van der Waals surface area contributed by atoms with Crippen LogP contribution in [0.25, 0.3) is 43.8 Å². The number of hydrogen-bond acceptors (Lipinski definition) is 0. The number of hydrogen-bond donors (Lipinski definition) is 0. The van der Waals surface area contributed by atoms with Crippen LogP contribution in [0.15, 0.2) is 109 Å². The van der Waals surface area contributed by atoms with Crippen molar-refractivity contribution in [2.75, 3.05) is 0 Å². The number of benzene rings is 4. The SMILES string of the molecule is CC(C)c1cc2c(-c3ccccc3C(C)C)cccc2[cH-]1.CC(C)c1cc2c(-c3ccccc3C(C)C)cccc2[cH-]1.C[Si]C.[Zr+2]. The van der Waals surface area contributed by atoms with E-state index in [1.807, 2.05) is 0 Å². The summed E-state index contributed by atoms with van der Waals surface area (Å²) in [7, 11) is 1.08. The van der Waals surface area contributed by atoms with Crippen LogP contribution in [0.1, 0.15) is 101 Å². The number of rotatable bonds is 6. The zero-order valence-corrected chi connectivity index (χ0v) is 33.2. The minimum Gasteiger partial charge on any atom is -0.164 e. The molecule has 0 bridgehead atoms. The third kappa shape index (κ3) is 8.76. The first-order chi connectivity index (χ1) is 21.6. The van der Waals surface area contributed by atoms with Crippen molar-refractivity contribution in [3.63, 3.8) is 0 Å². The van der Waals surface area contributed by atoms with Gasteiger partial charge in [-0.3, -0.25) is 0 Å². The van der Waals surface area contributed by atoms with Crippen LogP contribution in [0.4, 0.5) is 0 Å². The average molecular weight is 700 g/mol. The Bertz CT molecular complexity index is 1680. The molecule has 2 heteroatoms. The fraction of sp³-hybridized carbons (Fsp3) is 0.318. The topological polar surface area (TPSA) is 0 Å². The van der Waals surface area contributed by atoms with Gasteiger partial charge in [0, 0.05) is 9.52 Å². The summed E-state index contributed by atoms with van der Waals surface area (Å²) in [5.41, 5.74) is 11.2. The van der Waals surface area contributed by atoms with Crippen molar-refractivity contribution in [3.8, 4) is 22.3 Å². The van der Waals surface area contributed by atoms with Gasteiger partial charge in [-0.1, -0.05) is 140 Å². The second-order valence-electron chi connectivity index (χ2n) is 13.5. The van der Waals surface area contributed by atoms with Gasteiger partial charge < -0.3 is 0 Å². The van der Waals surface area contributed by atoms with E-state index < -0.39 is 0 Å². The van der Waals surface area contributed by atoms with Crippen LogP contribution >= 0.6 is 0 Å². The van der Waals surface area contributed by atoms with Crippen LogP contribution in [0.5, 0.6) is 0 Å². The van der Waals surface area contributed by atoms with Gasteiger partial charge in [0.15, 0.2) is 0 Å². The quantitative estimate of drug-likeness (QED) is 0.120. The van der Waals surface area contributed by atoms with E-state index in [4.69, 9.17) is 0 Å². The van der Waals surface area contributed by atoms with Gasteiger partial charge in [-0.15, -0.1) is 69.1 Å². The zero-order valence-electron chi connectivity index (χ0n) is 29.7. The average Bonchev–Trinajstić information content (AvgIpc) is 3.67. The van der Waals surface area contributed by atoms with E-state index in [9.17, 15) is 0 Å². The summed E-state index contributed by atoms with van der Waals surface area (Å²) < 4.78 is 0. The van der Waals surface area contributed by atoms with Crippen molar-refractivity contribution in [2.24, 2.45) is 0 Å². The molecule has 0 nitrogen and oxygen atoms in total. The van der Waals surface area contributed by atoms with Crippen LogP contribution in [-0.2, 0) is 26.2 Å². The Hall–Kier alpha value is -2.80. The van der Waals surface area contributed by atoms with Crippen LogP contribution in [0.2, 0.25) is 13.1 Å². The zero-order chi connectivity index (χ0) is 32.7. The molecular formula is C44H52SiZr. The molecule has 0 saturated heterocycles. The second kappa shape index (κ2) is 17.4. The third-order valence-corrected chi connectivity index (χ3v) is 8.63. The summed E-state index contributed by atoms with van der Waals surface area (Å²) >= 11 is 0. The van der Waals surface area contributed by atoms with E-state index in [1.165, 1.54) is 66.1 Å². The van der Waals surface area contributed by atoms with Gasteiger partial charge in [-0.25, -0.2) is 0 Å². The first kappa shape index (κ1) is 37.7. The van der Waals surface area contributed by atoms with Crippen LogP contribution < -0.4 is 0 Å². The molecule has 0 aliphatic heterocycles. The van der Waals surface area contributed by atoms with Crippen molar-refractivity contribution in [1.82, 2.24) is 0 Å². The minimum absolute atomic E-state index is 0. The van der Waals surface area contributed by atoms with E-state index in [-0.39, 0.29) is 26.2 Å². The van der Waals surface area contributed by atoms with Crippen molar-refractivity contribution < 1.29 is 26.2 Å². The van der Waals surface area contributed by atoms with E-state index >= 15 is 0 Å². The fourth-order valence-electron chi connectivity index (χ4n) is 6.14. The van der Waals surface area contributed by atoms with Crippen LogP contribution in [-0.4, -0.2) is 9.52 Å². The minimum atomic E-state index is 0. The molecule has 236 valence electrons. The Morgan fingerprint density at radius 1 is 0.435 bits per heavy atom. The van der Waals surface area contributed by atoms with E-state index in [0.29, 0.717) is 23.7 Å². The molecule has 0 heterocycles. The van der Waals surface area contributed by atoms with Crippen molar-refractivity contribution in [1.29, 1.82) is 0 Å². The Balaban J connectivity index is 0.000000226. The summed E-state index contributed by atoms with van der Waals surface area (Å²) in [6.45, 7) is 22.4. The van der Waals surface area contributed by atoms with Gasteiger partial charge in [-0.2, -0.15) is 12.1 Å². The standard InChI is InChI=1S/2C21H23.C2H6Si.Zr/c2*1-14(2)17-12-16-8-7-11-20(21(16)13-17)19-10-6-5-9-18(19)15(3)4;1-3-2;/h2*5-15H,1-4H3;1-2H3;/q2*-1;;+2. The van der Waals surface area contributed by atoms with Crippen LogP contribution in [0, 0.1) is 0 Å². The smallest absolute Gasteiger partial charge is 0.164 e. The summed E-state index contributed by atoms with van der Waals surface area (Å²) in [6, 6.07) is 40.3. The molecule has 0 aliphatic carbocycles. The van der Waals surface area contributed by atoms with Gasteiger partial charge in [0.05, 0.1) is 0 Å². The molecule has 0 aliphatic rings. The molecule has 6 rings (SSSR count). The van der Waals surface area contributed by atoms with E-state index in [0.717, 1.165) is 9.52 Å². The normalized spacial score (nSPS) is 11.1. The monoisotopic (exact) mass is 698 g/mol. The summed E-state index contributed by atoms with van der Waals surface area (Å²) in [5.74, 6) is 2.23. The fourth-order valence-corrected chi connectivity index (χ4v) is 6.14. The Morgan fingerprint density at radius 3 is 1.09 bits per heavy atom. The molecule has 0 fully saturated rings. The molecule has 0 unspecified atom stereocenters. The Labute approximate surface area is 301 Å². The largest absolute Gasteiger partial charge is 2.00 e. The molecule has 0 spiro atoms. The van der Waals surface area contributed by atoms with Crippen molar-refractivity contribution in [2.45, 2.75) is 92.2 Å². The Kier molecular flexibility index (Phi) is 14.2. The second-order valence-corrected chi connectivity index (χ2v) is 14.5. The molecular weight excluding hydrogens is 648 g/mol. The maximum absolute atomic E-state index is 2.37. The van der Waals surface area contributed by atoms with Gasteiger partial charge in [0.25, 0.3) is 0 Å². The summed E-state index contributed by atoms with van der Waals surface area (Å²) in [4.78, 5) is 0. The number of fused-ring (bicyclic) bond motifs is 2. The van der Waals surface area contributed by atoms with E-state index in [2.05, 4.69) is 178 Å². The van der Waals surface area contributed by atoms with E-state index in [1.54, 1.807) is 0 Å². The molecule has 0 aromatic heterocycles. The van der Waals surface area contributed by atoms with Crippen molar-refractivity contribution >= 4 is 31.1 Å². The molecule has 6 aromatic rings. The molecule has 46 heavy (non-hydrogen) atoms. The van der Waals surface area contributed by atoms with Gasteiger partial charge >= 0.3 is 26.2 Å². The predicted molar refractivity (Wildman–Crippen MR) is 204 cm³/mol. The van der Waals surface area contributed by atoms with Gasteiger partial charge in [0.1, 0.15) is 0 Å². The summed E-state index contributed by atoms with van der Waals surface area (Å²) in [6.07, 6.45) is 0. The van der Waals surface area contributed by atoms with Gasteiger partial charge in [-0.05, 0) is 45.9 Å². The molecule has 0 atom stereocenters. The van der Waals surface area contributed by atoms with Gasteiger partial charge in [0.2, 0.25) is 0 Å². The predicted octanol–water partition coefficient (Wildman–Crippen LogP) is 13.7. The maximum atomic E-state index is 2.37. The molecule has 0 amide bonds. The summed E-state index contributed by atoms with van der Waals surface area (Å²) in [5, 5.41) is 5.48.